The third kappa shape index (κ3) is 3.88. The molecule has 1 amide bonds. The van der Waals surface area contributed by atoms with Crippen LogP contribution in [-0.2, 0) is 13.1 Å². The van der Waals surface area contributed by atoms with Gasteiger partial charge in [0.25, 0.3) is 5.91 Å². The average molecular weight is 429 g/mol. The van der Waals surface area contributed by atoms with Crippen molar-refractivity contribution in [2.75, 3.05) is 13.1 Å². The molecule has 0 radical (unpaired) electrons. The van der Waals surface area contributed by atoms with Crippen LogP contribution in [-0.4, -0.2) is 29.4 Å². The highest BCUT2D eigenvalue weighted by Crippen LogP contribution is 2.25. The Balaban J connectivity index is 1.60. The number of amidine groups is 1. The average Bonchev–Trinajstić information content (AvgIpc) is 3.29. The number of halogens is 2. The Kier molecular flexibility index (Phi) is 4.94. The van der Waals surface area contributed by atoms with Gasteiger partial charge in [-0.05, 0) is 29.8 Å². The summed E-state index contributed by atoms with van der Waals surface area (Å²) in [5.41, 5.74) is 2.42. The Morgan fingerprint density at radius 3 is 2.81 bits per heavy atom. The van der Waals surface area contributed by atoms with Crippen LogP contribution >= 0.6 is 15.9 Å². The molecule has 2 N–H and O–H groups in total. The van der Waals surface area contributed by atoms with Gasteiger partial charge in [-0.15, -0.1) is 0 Å². The predicted octanol–water partition coefficient (Wildman–Crippen LogP) is 3.47. The summed E-state index contributed by atoms with van der Waals surface area (Å²) in [5.74, 6) is 0.471. The number of nitrogens with one attached hydrogen (secondary N) is 2. The van der Waals surface area contributed by atoms with Crippen molar-refractivity contribution in [1.82, 2.24) is 15.2 Å². The van der Waals surface area contributed by atoms with E-state index in [2.05, 4.69) is 31.6 Å². The Morgan fingerprint density at radius 1 is 1.26 bits per heavy atom. The van der Waals surface area contributed by atoms with Gasteiger partial charge in [-0.3, -0.25) is 9.79 Å². The maximum atomic E-state index is 13.0. The topological polar surface area (TPSA) is 58.4 Å². The van der Waals surface area contributed by atoms with Gasteiger partial charge < -0.3 is 15.2 Å². The van der Waals surface area contributed by atoms with Gasteiger partial charge in [0.15, 0.2) is 0 Å². The molecule has 2 heterocycles. The number of hydrogen-bond acceptors (Lipinski definition) is 3. The second-order valence-corrected chi connectivity index (χ2v) is 7.31. The first-order valence-electron chi connectivity index (χ1n) is 8.68. The summed E-state index contributed by atoms with van der Waals surface area (Å²) >= 11 is 3.50. The Hall–Kier alpha value is -2.67. The lowest BCUT2D eigenvalue weighted by Crippen LogP contribution is -2.24. The van der Waals surface area contributed by atoms with Crippen molar-refractivity contribution in [1.29, 1.82) is 0 Å². The summed E-state index contributed by atoms with van der Waals surface area (Å²) < 4.78 is 16.0. The predicted molar refractivity (Wildman–Crippen MR) is 108 cm³/mol. The first-order chi connectivity index (χ1) is 13.1. The summed E-state index contributed by atoms with van der Waals surface area (Å²) in [5, 5.41) is 7.06. The van der Waals surface area contributed by atoms with Gasteiger partial charge in [0.2, 0.25) is 0 Å². The zero-order valence-electron chi connectivity index (χ0n) is 14.5. The third-order valence-electron chi connectivity index (χ3n) is 4.52. The van der Waals surface area contributed by atoms with Gasteiger partial charge >= 0.3 is 0 Å². The molecular weight excluding hydrogens is 411 g/mol. The van der Waals surface area contributed by atoms with Gasteiger partial charge in [0.05, 0.1) is 24.2 Å². The number of rotatable bonds is 5. The first-order valence-corrected chi connectivity index (χ1v) is 9.48. The Morgan fingerprint density at radius 2 is 2.07 bits per heavy atom. The highest BCUT2D eigenvalue weighted by Gasteiger charge is 2.17. The van der Waals surface area contributed by atoms with E-state index in [1.807, 2.05) is 29.0 Å². The molecule has 27 heavy (non-hydrogen) atoms. The summed E-state index contributed by atoms with van der Waals surface area (Å²) in [7, 11) is 0. The van der Waals surface area contributed by atoms with E-state index in [4.69, 9.17) is 0 Å². The fraction of sp³-hybridized carbons (Fsp3) is 0.200. The molecule has 1 aliphatic heterocycles. The number of nitrogens with zero attached hydrogens (tertiary/aromatic N) is 2. The monoisotopic (exact) mass is 428 g/mol. The number of carbonyl (C=O) groups excluding carboxylic acids is 1. The van der Waals surface area contributed by atoms with Gasteiger partial charge in [0, 0.05) is 29.1 Å². The number of hydrogen-bond donors (Lipinski definition) is 2. The van der Waals surface area contributed by atoms with Crippen LogP contribution in [0.25, 0.3) is 10.9 Å². The smallest absolute Gasteiger partial charge is 0.253 e. The van der Waals surface area contributed by atoms with Crippen LogP contribution in [0, 0.1) is 5.82 Å². The molecule has 2 aromatic carbocycles. The number of amides is 1. The fourth-order valence-electron chi connectivity index (χ4n) is 3.17. The highest BCUT2D eigenvalue weighted by atomic mass is 79.9. The quantitative estimate of drug-likeness (QED) is 0.653. The minimum atomic E-state index is -0.290. The molecule has 0 saturated heterocycles. The van der Waals surface area contributed by atoms with Crippen molar-refractivity contribution >= 4 is 38.6 Å². The van der Waals surface area contributed by atoms with Crippen LogP contribution in [0.5, 0.6) is 0 Å². The van der Waals surface area contributed by atoms with Crippen molar-refractivity contribution in [2.45, 2.75) is 13.1 Å². The minimum absolute atomic E-state index is 0.160. The van der Waals surface area contributed by atoms with Crippen LogP contribution in [0.3, 0.4) is 0 Å². The number of benzene rings is 2. The molecule has 0 bridgehead atoms. The summed E-state index contributed by atoms with van der Waals surface area (Å²) in [6.45, 7) is 2.57. The van der Waals surface area contributed by atoms with Gasteiger partial charge in [0.1, 0.15) is 11.7 Å². The summed E-state index contributed by atoms with van der Waals surface area (Å²) in [4.78, 5) is 17.2. The molecule has 0 aliphatic carbocycles. The van der Waals surface area contributed by atoms with E-state index in [9.17, 15) is 9.18 Å². The Bertz CT molecular complexity index is 1030. The standard InChI is InChI=1S/C20H18BrFN4O/c21-14-3-6-16-17(20(27)25-10-13-1-4-15(22)5-2-13)11-26(18(16)9-14)12-19-23-7-8-24-19/h1-6,9,11H,7-8,10,12H2,(H,23,24)(H,25,27). The highest BCUT2D eigenvalue weighted by molar-refractivity contribution is 9.10. The molecular formula is C20H18BrFN4O. The van der Waals surface area contributed by atoms with Crippen molar-refractivity contribution in [3.05, 3.63) is 70.1 Å². The molecule has 7 heteroatoms. The van der Waals surface area contributed by atoms with Crippen LogP contribution in [0.1, 0.15) is 15.9 Å². The van der Waals surface area contributed by atoms with E-state index in [0.717, 1.165) is 39.9 Å². The van der Waals surface area contributed by atoms with Crippen molar-refractivity contribution < 1.29 is 9.18 Å². The maximum Gasteiger partial charge on any atom is 0.253 e. The number of carbonyl (C=O) groups is 1. The van der Waals surface area contributed by atoms with Crippen LogP contribution < -0.4 is 10.6 Å². The lowest BCUT2D eigenvalue weighted by atomic mass is 10.1. The first kappa shape index (κ1) is 17.7. The lowest BCUT2D eigenvalue weighted by Gasteiger charge is -2.06. The summed E-state index contributed by atoms with van der Waals surface area (Å²) in [6.07, 6.45) is 1.86. The molecule has 1 aliphatic rings. The minimum Gasteiger partial charge on any atom is -0.370 e. The van der Waals surface area contributed by atoms with Crippen molar-refractivity contribution in [3.63, 3.8) is 0 Å². The van der Waals surface area contributed by atoms with Crippen molar-refractivity contribution in [3.8, 4) is 0 Å². The number of aromatic nitrogens is 1. The molecule has 1 aromatic heterocycles. The Labute approximate surface area is 164 Å². The second-order valence-electron chi connectivity index (χ2n) is 6.40. The van der Waals surface area contributed by atoms with E-state index in [-0.39, 0.29) is 11.7 Å². The molecule has 5 nitrogen and oxygen atoms in total. The largest absolute Gasteiger partial charge is 0.370 e. The molecule has 4 rings (SSSR count). The van der Waals surface area contributed by atoms with Gasteiger partial charge in [-0.25, -0.2) is 4.39 Å². The molecule has 0 unspecified atom stereocenters. The van der Waals surface area contributed by atoms with E-state index in [0.29, 0.717) is 18.7 Å². The lowest BCUT2D eigenvalue weighted by molar-refractivity contribution is 0.0952. The molecule has 0 spiro atoms. The molecule has 0 fully saturated rings. The fourth-order valence-corrected chi connectivity index (χ4v) is 3.52. The maximum absolute atomic E-state index is 13.0. The van der Waals surface area contributed by atoms with Crippen LogP contribution in [0.15, 0.2) is 58.1 Å². The normalized spacial score (nSPS) is 13.5. The van der Waals surface area contributed by atoms with E-state index in [1.54, 1.807) is 12.1 Å². The zero-order chi connectivity index (χ0) is 18.8. The van der Waals surface area contributed by atoms with Crippen molar-refractivity contribution in [2.24, 2.45) is 4.99 Å². The SMILES string of the molecule is O=C(NCc1ccc(F)cc1)c1cn(CC2=NCCN2)c2cc(Br)ccc12. The number of fused-ring (bicyclic) bond motifs is 1. The van der Waals surface area contributed by atoms with E-state index in [1.165, 1.54) is 12.1 Å². The number of aliphatic imine (C=N–C) groups is 1. The van der Waals surface area contributed by atoms with E-state index >= 15 is 0 Å². The molecule has 3 aromatic rings. The molecule has 0 atom stereocenters. The summed E-state index contributed by atoms with van der Waals surface area (Å²) in [6, 6.07) is 12.0. The zero-order valence-corrected chi connectivity index (χ0v) is 16.1. The van der Waals surface area contributed by atoms with Crippen LogP contribution in [0.2, 0.25) is 0 Å². The second kappa shape index (κ2) is 7.52. The van der Waals surface area contributed by atoms with Gasteiger partial charge in [-0.2, -0.15) is 0 Å². The third-order valence-corrected chi connectivity index (χ3v) is 5.01. The molecule has 138 valence electrons. The van der Waals surface area contributed by atoms with E-state index < -0.39 is 0 Å². The molecule has 0 saturated carbocycles. The van der Waals surface area contributed by atoms with Crippen LogP contribution in [0.4, 0.5) is 4.39 Å². The van der Waals surface area contributed by atoms with Gasteiger partial charge in [-0.1, -0.05) is 34.1 Å².